The van der Waals surface area contributed by atoms with Crippen LogP contribution >= 0.6 is 11.8 Å². The van der Waals surface area contributed by atoms with Gasteiger partial charge in [-0.1, -0.05) is 42.1 Å². The number of fused-ring (bicyclic) bond motifs is 1. The minimum atomic E-state index is -0.177. The number of rotatable bonds is 6. The van der Waals surface area contributed by atoms with Gasteiger partial charge in [-0.05, 0) is 44.2 Å². The molecule has 0 aliphatic rings. The number of benzene rings is 2. The van der Waals surface area contributed by atoms with E-state index < -0.39 is 0 Å². The smallest absolute Gasteiger partial charge is 0.250 e. The molecule has 2 N–H and O–H groups in total. The molecule has 0 atom stereocenters. The second-order valence-corrected chi connectivity index (χ2v) is 7.60. The number of carbonyl (C=O) groups is 1. The number of nitrogens with zero attached hydrogens (tertiary/aromatic N) is 3. The predicted molar refractivity (Wildman–Crippen MR) is 118 cm³/mol. The maximum absolute atomic E-state index is 12.1. The SMILES string of the molecule is Cc1cc(/C=N\NC(=O)CSc2nc3ccccc3[nH]2)c(C)n1-c1ccccc1. The van der Waals surface area contributed by atoms with Crippen molar-refractivity contribution in [3.05, 3.63) is 77.6 Å². The molecule has 0 unspecified atom stereocenters. The quantitative estimate of drug-likeness (QED) is 0.288. The zero-order chi connectivity index (χ0) is 20.2. The van der Waals surface area contributed by atoms with Crippen LogP contribution in [0, 0.1) is 13.8 Å². The van der Waals surface area contributed by atoms with Crippen molar-refractivity contribution in [1.29, 1.82) is 0 Å². The van der Waals surface area contributed by atoms with Crippen LogP contribution in [0.4, 0.5) is 0 Å². The number of imidazole rings is 1. The maximum Gasteiger partial charge on any atom is 0.250 e. The number of H-pyrrole nitrogens is 1. The number of aryl methyl sites for hydroxylation is 1. The first-order valence-corrected chi connectivity index (χ1v) is 10.2. The molecule has 0 saturated heterocycles. The first-order valence-electron chi connectivity index (χ1n) is 9.25. The molecular weight excluding hydrogens is 382 g/mol. The summed E-state index contributed by atoms with van der Waals surface area (Å²) in [5.74, 6) is 0.0591. The van der Waals surface area contributed by atoms with E-state index in [2.05, 4.69) is 50.2 Å². The summed E-state index contributed by atoms with van der Waals surface area (Å²) in [4.78, 5) is 19.8. The maximum atomic E-state index is 12.1. The summed E-state index contributed by atoms with van der Waals surface area (Å²) >= 11 is 1.35. The van der Waals surface area contributed by atoms with Crippen molar-refractivity contribution in [3.8, 4) is 5.69 Å². The summed E-state index contributed by atoms with van der Waals surface area (Å²) in [5.41, 5.74) is 8.70. The van der Waals surface area contributed by atoms with Gasteiger partial charge < -0.3 is 9.55 Å². The molecule has 4 aromatic rings. The molecule has 4 rings (SSSR count). The molecule has 0 aliphatic carbocycles. The molecule has 0 radical (unpaired) electrons. The molecule has 0 fully saturated rings. The van der Waals surface area contributed by atoms with Gasteiger partial charge in [0.25, 0.3) is 5.91 Å². The Labute approximate surface area is 173 Å². The average Bonchev–Trinajstić information content (AvgIpc) is 3.27. The molecular formula is C22H21N5OS. The summed E-state index contributed by atoms with van der Waals surface area (Å²) in [6.45, 7) is 4.10. The van der Waals surface area contributed by atoms with E-state index in [4.69, 9.17) is 0 Å². The van der Waals surface area contributed by atoms with Gasteiger partial charge in [-0.15, -0.1) is 0 Å². The van der Waals surface area contributed by atoms with E-state index in [9.17, 15) is 4.79 Å². The van der Waals surface area contributed by atoms with Gasteiger partial charge >= 0.3 is 0 Å². The number of hydrogen-bond donors (Lipinski definition) is 2. The van der Waals surface area contributed by atoms with Crippen LogP contribution in [0.1, 0.15) is 17.0 Å². The Morgan fingerprint density at radius 2 is 1.93 bits per heavy atom. The van der Waals surface area contributed by atoms with Crippen molar-refractivity contribution in [2.75, 3.05) is 5.75 Å². The van der Waals surface area contributed by atoms with Crippen molar-refractivity contribution in [1.82, 2.24) is 20.0 Å². The topological polar surface area (TPSA) is 75.1 Å². The lowest BCUT2D eigenvalue weighted by Gasteiger charge is -2.08. The third-order valence-electron chi connectivity index (χ3n) is 4.59. The van der Waals surface area contributed by atoms with Crippen molar-refractivity contribution >= 4 is 34.9 Å². The standard InChI is InChI=1S/C22H21N5OS/c1-15-12-17(16(2)27(15)18-8-4-3-5-9-18)13-23-26-21(28)14-29-22-24-19-10-6-7-11-20(19)25-22/h3-13H,14H2,1-2H3,(H,24,25)(H,26,28)/b23-13-. The Balaban J connectivity index is 1.37. The highest BCUT2D eigenvalue weighted by atomic mass is 32.2. The van der Waals surface area contributed by atoms with Crippen LogP contribution in [0.5, 0.6) is 0 Å². The Morgan fingerprint density at radius 3 is 2.72 bits per heavy atom. The first kappa shape index (κ1) is 19.0. The van der Waals surface area contributed by atoms with E-state index in [-0.39, 0.29) is 11.7 Å². The molecule has 1 amide bonds. The van der Waals surface area contributed by atoms with Gasteiger partial charge in [-0.2, -0.15) is 5.10 Å². The summed E-state index contributed by atoms with van der Waals surface area (Å²) in [6, 6.07) is 20.0. The molecule has 146 valence electrons. The van der Waals surface area contributed by atoms with Gasteiger partial charge in [0, 0.05) is 22.6 Å². The summed E-state index contributed by atoms with van der Waals surface area (Å²) in [5, 5.41) is 4.84. The number of aromatic nitrogens is 3. The lowest BCUT2D eigenvalue weighted by Crippen LogP contribution is -2.19. The normalized spacial score (nSPS) is 11.4. The Morgan fingerprint density at radius 1 is 1.17 bits per heavy atom. The minimum absolute atomic E-state index is 0.177. The fourth-order valence-corrected chi connectivity index (χ4v) is 3.91. The van der Waals surface area contributed by atoms with E-state index in [0.29, 0.717) is 0 Å². The number of para-hydroxylation sites is 3. The van der Waals surface area contributed by atoms with Crippen LogP contribution in [0.25, 0.3) is 16.7 Å². The van der Waals surface area contributed by atoms with Crippen LogP contribution in [-0.4, -0.2) is 32.4 Å². The van der Waals surface area contributed by atoms with Crippen LogP contribution in [0.2, 0.25) is 0 Å². The largest absolute Gasteiger partial charge is 0.333 e. The molecule has 2 aromatic carbocycles. The zero-order valence-electron chi connectivity index (χ0n) is 16.2. The predicted octanol–water partition coefficient (Wildman–Crippen LogP) is 4.21. The highest BCUT2D eigenvalue weighted by Gasteiger charge is 2.09. The molecule has 0 spiro atoms. The molecule has 29 heavy (non-hydrogen) atoms. The average molecular weight is 404 g/mol. The number of hydrogen-bond acceptors (Lipinski definition) is 4. The van der Waals surface area contributed by atoms with Crippen molar-refractivity contribution < 1.29 is 4.79 Å². The van der Waals surface area contributed by atoms with Crippen molar-refractivity contribution in [3.63, 3.8) is 0 Å². The molecule has 0 aliphatic heterocycles. The number of nitrogens with one attached hydrogen (secondary N) is 2. The third-order valence-corrected chi connectivity index (χ3v) is 5.46. The van der Waals surface area contributed by atoms with Gasteiger partial charge in [0.1, 0.15) is 0 Å². The molecule has 2 aromatic heterocycles. The van der Waals surface area contributed by atoms with Gasteiger partial charge in [0.2, 0.25) is 0 Å². The van der Waals surface area contributed by atoms with E-state index in [0.717, 1.165) is 38.8 Å². The second-order valence-electron chi connectivity index (χ2n) is 6.64. The molecule has 2 heterocycles. The minimum Gasteiger partial charge on any atom is -0.333 e. The number of aromatic amines is 1. The van der Waals surface area contributed by atoms with Crippen LogP contribution < -0.4 is 5.43 Å². The van der Waals surface area contributed by atoms with Crippen LogP contribution in [0.15, 0.2) is 70.9 Å². The van der Waals surface area contributed by atoms with Gasteiger partial charge in [-0.25, -0.2) is 10.4 Å². The Hall–Kier alpha value is -3.32. The van der Waals surface area contributed by atoms with E-state index in [1.807, 2.05) is 49.4 Å². The molecule has 0 bridgehead atoms. The lowest BCUT2D eigenvalue weighted by atomic mass is 10.2. The highest BCUT2D eigenvalue weighted by Crippen LogP contribution is 2.20. The molecule has 7 heteroatoms. The fraction of sp³-hybridized carbons (Fsp3) is 0.136. The monoisotopic (exact) mass is 403 g/mol. The highest BCUT2D eigenvalue weighted by molar-refractivity contribution is 7.99. The van der Waals surface area contributed by atoms with Crippen molar-refractivity contribution in [2.45, 2.75) is 19.0 Å². The van der Waals surface area contributed by atoms with E-state index in [1.165, 1.54) is 11.8 Å². The lowest BCUT2D eigenvalue weighted by molar-refractivity contribution is -0.118. The summed E-state index contributed by atoms with van der Waals surface area (Å²) in [6.07, 6.45) is 1.69. The Kier molecular flexibility index (Phi) is 5.48. The third kappa shape index (κ3) is 4.25. The van der Waals surface area contributed by atoms with Gasteiger partial charge in [0.05, 0.1) is 23.0 Å². The van der Waals surface area contributed by atoms with Crippen LogP contribution in [-0.2, 0) is 4.79 Å². The number of hydrazone groups is 1. The van der Waals surface area contributed by atoms with Gasteiger partial charge in [-0.3, -0.25) is 4.79 Å². The first-order chi connectivity index (χ1) is 14.1. The number of amides is 1. The summed E-state index contributed by atoms with van der Waals surface area (Å²) < 4.78 is 2.17. The van der Waals surface area contributed by atoms with E-state index in [1.54, 1.807) is 6.21 Å². The van der Waals surface area contributed by atoms with E-state index >= 15 is 0 Å². The molecule has 0 saturated carbocycles. The number of carbonyl (C=O) groups excluding carboxylic acids is 1. The fourth-order valence-electron chi connectivity index (χ4n) is 3.23. The summed E-state index contributed by atoms with van der Waals surface area (Å²) in [7, 11) is 0. The second kappa shape index (κ2) is 8.36. The molecule has 6 nitrogen and oxygen atoms in total. The number of thioether (sulfide) groups is 1. The zero-order valence-corrected chi connectivity index (χ0v) is 17.0. The van der Waals surface area contributed by atoms with Gasteiger partial charge in [0.15, 0.2) is 5.16 Å². The van der Waals surface area contributed by atoms with Crippen LogP contribution in [0.3, 0.4) is 0 Å². The Bertz CT molecular complexity index is 1140. The van der Waals surface area contributed by atoms with Crippen molar-refractivity contribution in [2.24, 2.45) is 5.10 Å².